The van der Waals surface area contributed by atoms with Crippen LogP contribution in [0.4, 0.5) is 5.82 Å². The van der Waals surface area contributed by atoms with Crippen molar-refractivity contribution in [3.05, 3.63) is 29.3 Å². The fourth-order valence-electron chi connectivity index (χ4n) is 3.45. The average molecular weight is 331 g/mol. The minimum Gasteiger partial charge on any atom is -0.481 e. The van der Waals surface area contributed by atoms with Gasteiger partial charge in [0.2, 0.25) is 5.88 Å². The van der Waals surface area contributed by atoms with E-state index in [0.717, 1.165) is 43.1 Å². The Bertz CT molecular complexity index is 692. The minimum absolute atomic E-state index is 0.118. The lowest BCUT2D eigenvalue weighted by atomic mass is 9.93. The monoisotopic (exact) mass is 331 g/mol. The van der Waals surface area contributed by atoms with Gasteiger partial charge in [0.1, 0.15) is 11.6 Å². The molecule has 7 nitrogen and oxygen atoms in total. The predicted molar refractivity (Wildman–Crippen MR) is 91.6 cm³/mol. The number of hydrogen-bond donors (Lipinski definition) is 1. The normalized spacial score (nSPS) is 15.8. The molecule has 0 amide bonds. The summed E-state index contributed by atoms with van der Waals surface area (Å²) in [6.45, 7) is 6.46. The van der Waals surface area contributed by atoms with Crippen molar-refractivity contribution >= 4 is 5.82 Å². The molecule has 1 N–H and O–H groups in total. The third-order valence-electron chi connectivity index (χ3n) is 4.65. The van der Waals surface area contributed by atoms with Crippen molar-refractivity contribution in [2.24, 2.45) is 0 Å². The largest absolute Gasteiger partial charge is 0.481 e. The van der Waals surface area contributed by atoms with E-state index in [1.54, 1.807) is 7.11 Å². The molecule has 1 aliphatic heterocycles. The van der Waals surface area contributed by atoms with E-state index in [1.807, 2.05) is 24.7 Å². The molecule has 2 aromatic rings. The van der Waals surface area contributed by atoms with Gasteiger partial charge < -0.3 is 14.7 Å². The number of piperidine rings is 1. The van der Waals surface area contributed by atoms with Crippen LogP contribution < -0.4 is 9.64 Å². The minimum atomic E-state index is 0.118. The van der Waals surface area contributed by atoms with Gasteiger partial charge >= 0.3 is 0 Å². The number of nitrogens with zero attached hydrogens (tertiary/aromatic N) is 5. The van der Waals surface area contributed by atoms with Gasteiger partial charge in [0.15, 0.2) is 0 Å². The Morgan fingerprint density at radius 3 is 2.67 bits per heavy atom. The smallest absolute Gasteiger partial charge is 0.221 e. The Morgan fingerprint density at radius 1 is 1.25 bits per heavy atom. The van der Waals surface area contributed by atoms with Crippen molar-refractivity contribution < 1.29 is 9.84 Å². The first kappa shape index (κ1) is 16.7. The van der Waals surface area contributed by atoms with Crippen LogP contribution in [0.5, 0.6) is 5.88 Å². The number of methoxy groups -OCH3 is 1. The van der Waals surface area contributed by atoms with Gasteiger partial charge in [-0.05, 0) is 32.8 Å². The molecule has 0 atom stereocenters. The molecule has 1 aliphatic rings. The van der Waals surface area contributed by atoms with Crippen LogP contribution >= 0.6 is 0 Å². The molecule has 24 heavy (non-hydrogen) atoms. The number of aryl methyl sites for hydroxylation is 1. The number of rotatable bonds is 5. The van der Waals surface area contributed by atoms with Gasteiger partial charge in [-0.15, -0.1) is 0 Å². The molecule has 3 heterocycles. The summed E-state index contributed by atoms with van der Waals surface area (Å²) in [6, 6.07) is 2.07. The van der Waals surface area contributed by atoms with Crippen LogP contribution in [0.3, 0.4) is 0 Å². The Hall–Kier alpha value is -2.15. The molecule has 0 saturated carbocycles. The first-order valence-electron chi connectivity index (χ1n) is 8.40. The maximum atomic E-state index is 9.16. The molecule has 130 valence electrons. The quantitative estimate of drug-likeness (QED) is 0.898. The second kappa shape index (κ2) is 7.17. The van der Waals surface area contributed by atoms with Crippen LogP contribution in [0, 0.1) is 13.8 Å². The van der Waals surface area contributed by atoms with Crippen molar-refractivity contribution in [1.82, 2.24) is 19.7 Å². The number of aliphatic hydroxyl groups excluding tert-OH is 1. The number of ether oxygens (including phenoxy) is 1. The summed E-state index contributed by atoms with van der Waals surface area (Å²) in [7, 11) is 1.65. The topological polar surface area (TPSA) is 76.3 Å². The summed E-state index contributed by atoms with van der Waals surface area (Å²) in [6.07, 6.45) is 3.91. The first-order chi connectivity index (χ1) is 11.6. The summed E-state index contributed by atoms with van der Waals surface area (Å²) in [4.78, 5) is 11.3. The van der Waals surface area contributed by atoms with Crippen molar-refractivity contribution in [2.45, 2.75) is 39.2 Å². The molecule has 0 aromatic carbocycles. The second-order valence-electron chi connectivity index (χ2n) is 6.19. The van der Waals surface area contributed by atoms with E-state index in [-0.39, 0.29) is 6.61 Å². The fourth-order valence-corrected chi connectivity index (χ4v) is 3.45. The summed E-state index contributed by atoms with van der Waals surface area (Å²) in [5.41, 5.74) is 2.21. The predicted octanol–water partition coefficient (Wildman–Crippen LogP) is 1.67. The third kappa shape index (κ3) is 3.21. The number of aromatic nitrogens is 4. The lowest BCUT2D eigenvalue weighted by molar-refractivity contribution is 0.265. The molecule has 0 spiro atoms. The van der Waals surface area contributed by atoms with E-state index in [9.17, 15) is 0 Å². The van der Waals surface area contributed by atoms with E-state index in [1.165, 1.54) is 5.69 Å². The van der Waals surface area contributed by atoms with E-state index < -0.39 is 0 Å². The Morgan fingerprint density at radius 2 is 2.00 bits per heavy atom. The summed E-state index contributed by atoms with van der Waals surface area (Å²) >= 11 is 0. The zero-order valence-corrected chi connectivity index (χ0v) is 14.6. The zero-order chi connectivity index (χ0) is 17.1. The number of hydrogen-bond acceptors (Lipinski definition) is 6. The summed E-state index contributed by atoms with van der Waals surface area (Å²) in [5, 5.41) is 13.5. The molecule has 0 unspecified atom stereocenters. The molecule has 1 saturated heterocycles. The highest BCUT2D eigenvalue weighted by molar-refractivity contribution is 5.51. The van der Waals surface area contributed by atoms with Crippen molar-refractivity contribution in [1.29, 1.82) is 0 Å². The summed E-state index contributed by atoms with van der Waals surface area (Å²) < 4.78 is 7.29. The van der Waals surface area contributed by atoms with Gasteiger partial charge in [-0.2, -0.15) is 10.1 Å². The SMILES string of the molecule is COc1nc(C)nc(N2CCC(c3ccnn3CCO)CC2)c1C. The number of anilines is 1. The maximum absolute atomic E-state index is 9.16. The van der Waals surface area contributed by atoms with Crippen LogP contribution in [-0.4, -0.2) is 51.7 Å². The van der Waals surface area contributed by atoms with Crippen LogP contribution in [-0.2, 0) is 6.54 Å². The van der Waals surface area contributed by atoms with Crippen molar-refractivity contribution in [3.63, 3.8) is 0 Å². The molecule has 2 aromatic heterocycles. The molecular weight excluding hydrogens is 306 g/mol. The van der Waals surface area contributed by atoms with Crippen LogP contribution in [0.2, 0.25) is 0 Å². The highest BCUT2D eigenvalue weighted by Gasteiger charge is 2.25. The molecule has 1 fully saturated rings. The molecule has 0 aliphatic carbocycles. The van der Waals surface area contributed by atoms with E-state index in [2.05, 4.69) is 26.0 Å². The Labute approximate surface area is 142 Å². The average Bonchev–Trinajstić information content (AvgIpc) is 3.05. The maximum Gasteiger partial charge on any atom is 0.221 e. The van der Waals surface area contributed by atoms with Crippen LogP contribution in [0.15, 0.2) is 12.3 Å². The third-order valence-corrected chi connectivity index (χ3v) is 4.65. The zero-order valence-electron chi connectivity index (χ0n) is 14.6. The van der Waals surface area contributed by atoms with Crippen LogP contribution in [0.25, 0.3) is 0 Å². The van der Waals surface area contributed by atoms with E-state index in [0.29, 0.717) is 18.3 Å². The first-order valence-corrected chi connectivity index (χ1v) is 8.40. The van der Waals surface area contributed by atoms with Crippen molar-refractivity contribution in [2.75, 3.05) is 31.7 Å². The lowest BCUT2D eigenvalue weighted by Gasteiger charge is -2.34. The molecule has 0 bridgehead atoms. The van der Waals surface area contributed by atoms with E-state index >= 15 is 0 Å². The summed E-state index contributed by atoms with van der Waals surface area (Å²) in [5.74, 6) is 2.83. The van der Waals surface area contributed by atoms with E-state index in [4.69, 9.17) is 9.84 Å². The van der Waals surface area contributed by atoms with Crippen LogP contribution in [0.1, 0.15) is 35.8 Å². The second-order valence-corrected chi connectivity index (χ2v) is 6.19. The highest BCUT2D eigenvalue weighted by atomic mass is 16.5. The number of aliphatic hydroxyl groups is 1. The lowest BCUT2D eigenvalue weighted by Crippen LogP contribution is -2.35. The van der Waals surface area contributed by atoms with Gasteiger partial charge in [-0.25, -0.2) is 4.98 Å². The Kier molecular flexibility index (Phi) is 4.99. The van der Waals surface area contributed by atoms with Gasteiger partial charge in [0.25, 0.3) is 0 Å². The van der Waals surface area contributed by atoms with Crippen molar-refractivity contribution in [3.8, 4) is 5.88 Å². The standard InChI is InChI=1S/C17H25N5O2/c1-12-16(19-13(2)20-17(12)24-3)21-8-5-14(6-9-21)15-4-7-18-22(15)10-11-23/h4,7,14,23H,5-6,8-11H2,1-3H3. The van der Waals surface area contributed by atoms with Gasteiger partial charge in [0, 0.05) is 30.9 Å². The molecule has 3 rings (SSSR count). The molecule has 7 heteroatoms. The van der Waals surface area contributed by atoms with Gasteiger partial charge in [0.05, 0.1) is 25.8 Å². The Balaban J connectivity index is 1.74. The molecule has 0 radical (unpaired) electrons. The fraction of sp³-hybridized carbons (Fsp3) is 0.588. The molecular formula is C17H25N5O2. The van der Waals surface area contributed by atoms with Gasteiger partial charge in [-0.1, -0.05) is 0 Å². The highest BCUT2D eigenvalue weighted by Crippen LogP contribution is 2.32. The van der Waals surface area contributed by atoms with Gasteiger partial charge in [-0.3, -0.25) is 4.68 Å².